The van der Waals surface area contributed by atoms with Crippen LogP contribution in [0.2, 0.25) is 10.0 Å². The van der Waals surface area contributed by atoms with Crippen LogP contribution in [0.1, 0.15) is 19.3 Å². The van der Waals surface area contributed by atoms with Crippen LogP contribution in [-0.2, 0) is 4.74 Å². The number of amides is 1. The second-order valence-corrected chi connectivity index (χ2v) is 5.44. The molecule has 1 amide bonds. The smallest absolute Gasteiger partial charge is 0.411 e. The molecule has 0 spiro atoms. The number of ether oxygens (including phenoxy) is 1. The molecule has 2 unspecified atom stereocenters. The highest BCUT2D eigenvalue weighted by molar-refractivity contribution is 6.42. The predicted octanol–water partition coefficient (Wildman–Crippen LogP) is 3.67. The topological polar surface area (TPSA) is 64.3 Å². The third-order valence-corrected chi connectivity index (χ3v) is 4.06. The molecule has 3 N–H and O–H groups in total. The van der Waals surface area contributed by atoms with Crippen LogP contribution in [0.15, 0.2) is 18.2 Å². The minimum Gasteiger partial charge on any atom is -0.446 e. The van der Waals surface area contributed by atoms with E-state index >= 15 is 0 Å². The van der Waals surface area contributed by atoms with Crippen LogP contribution in [0.25, 0.3) is 0 Å². The van der Waals surface area contributed by atoms with Gasteiger partial charge in [-0.2, -0.15) is 0 Å². The van der Waals surface area contributed by atoms with Crippen molar-refractivity contribution in [1.29, 1.82) is 0 Å². The minimum atomic E-state index is -0.483. The summed E-state index contributed by atoms with van der Waals surface area (Å²) in [5.41, 5.74) is 6.20. The van der Waals surface area contributed by atoms with Crippen molar-refractivity contribution in [3.63, 3.8) is 0 Å². The summed E-state index contributed by atoms with van der Waals surface area (Å²) in [7, 11) is 0. The summed E-state index contributed by atoms with van der Waals surface area (Å²) in [6.45, 7) is 0.546. The fourth-order valence-electron chi connectivity index (χ4n) is 2.29. The number of benzene rings is 1. The molecular weight excluding hydrogens is 287 g/mol. The molecule has 1 saturated carbocycles. The van der Waals surface area contributed by atoms with Crippen molar-refractivity contribution in [1.82, 2.24) is 0 Å². The normalized spacial score (nSPS) is 22.3. The van der Waals surface area contributed by atoms with E-state index in [1.807, 2.05) is 0 Å². The first kappa shape index (κ1) is 14.4. The van der Waals surface area contributed by atoms with Gasteiger partial charge in [0.05, 0.1) is 10.0 Å². The van der Waals surface area contributed by atoms with Crippen LogP contribution in [0.5, 0.6) is 0 Å². The number of carbonyl (C=O) groups is 1. The van der Waals surface area contributed by atoms with Gasteiger partial charge < -0.3 is 10.5 Å². The first-order valence-corrected chi connectivity index (χ1v) is 6.98. The zero-order valence-corrected chi connectivity index (χ0v) is 11.9. The van der Waals surface area contributed by atoms with E-state index < -0.39 is 6.09 Å². The summed E-state index contributed by atoms with van der Waals surface area (Å²) in [6, 6.07) is 4.88. The lowest BCUT2D eigenvalue weighted by atomic mass is 10.1. The van der Waals surface area contributed by atoms with Gasteiger partial charge in [0.2, 0.25) is 0 Å². The van der Waals surface area contributed by atoms with Gasteiger partial charge in [-0.3, -0.25) is 5.32 Å². The predicted molar refractivity (Wildman–Crippen MR) is 76.7 cm³/mol. The summed E-state index contributed by atoms with van der Waals surface area (Å²) >= 11 is 11.7. The molecule has 0 saturated heterocycles. The zero-order chi connectivity index (χ0) is 13.8. The lowest BCUT2D eigenvalue weighted by Gasteiger charge is -2.18. The second kappa shape index (κ2) is 6.46. The van der Waals surface area contributed by atoms with E-state index in [0.717, 1.165) is 19.3 Å². The number of hydrogen-bond donors (Lipinski definition) is 2. The third kappa shape index (κ3) is 3.75. The van der Waals surface area contributed by atoms with E-state index in [1.54, 1.807) is 18.2 Å². The SMILES string of the molecule is NCC1CCCC1OC(=O)Nc1ccc(Cl)c(Cl)c1. The standard InChI is InChI=1S/C13H16Cl2N2O2/c14-10-5-4-9(6-11(10)15)17-13(18)19-12-3-1-2-8(12)7-16/h4-6,8,12H,1-3,7,16H2,(H,17,18). The van der Waals surface area contributed by atoms with Crippen molar-refractivity contribution in [3.8, 4) is 0 Å². The van der Waals surface area contributed by atoms with Crippen molar-refractivity contribution < 1.29 is 9.53 Å². The van der Waals surface area contributed by atoms with E-state index in [4.69, 9.17) is 33.7 Å². The lowest BCUT2D eigenvalue weighted by molar-refractivity contribution is 0.0893. The van der Waals surface area contributed by atoms with Crippen molar-refractivity contribution in [2.45, 2.75) is 25.4 Å². The van der Waals surface area contributed by atoms with Crippen LogP contribution in [0, 0.1) is 5.92 Å². The quantitative estimate of drug-likeness (QED) is 0.895. The first-order chi connectivity index (χ1) is 9.10. The molecule has 0 radical (unpaired) electrons. The van der Waals surface area contributed by atoms with Crippen LogP contribution < -0.4 is 11.1 Å². The Morgan fingerprint density at radius 3 is 2.84 bits per heavy atom. The van der Waals surface area contributed by atoms with Gasteiger partial charge in [0, 0.05) is 11.6 Å². The number of carbonyl (C=O) groups excluding carboxylic acids is 1. The molecular formula is C13H16Cl2N2O2. The maximum atomic E-state index is 11.8. The minimum absolute atomic E-state index is 0.0900. The van der Waals surface area contributed by atoms with Gasteiger partial charge in [0.15, 0.2) is 0 Å². The molecule has 0 heterocycles. The Labute approximate surface area is 122 Å². The fraction of sp³-hybridized carbons (Fsp3) is 0.462. The Hall–Kier alpha value is -0.970. The van der Waals surface area contributed by atoms with Crippen LogP contribution >= 0.6 is 23.2 Å². The Bertz CT molecular complexity index is 468. The van der Waals surface area contributed by atoms with E-state index in [2.05, 4.69) is 5.32 Å². The maximum absolute atomic E-state index is 11.8. The van der Waals surface area contributed by atoms with Gasteiger partial charge in [-0.25, -0.2) is 4.79 Å². The fourth-order valence-corrected chi connectivity index (χ4v) is 2.58. The molecule has 19 heavy (non-hydrogen) atoms. The second-order valence-electron chi connectivity index (χ2n) is 4.62. The van der Waals surface area contributed by atoms with Gasteiger partial charge in [-0.1, -0.05) is 23.2 Å². The molecule has 0 bridgehead atoms. The molecule has 1 aromatic carbocycles. The van der Waals surface area contributed by atoms with Gasteiger partial charge in [0.1, 0.15) is 6.10 Å². The lowest BCUT2D eigenvalue weighted by Crippen LogP contribution is -2.29. The summed E-state index contributed by atoms with van der Waals surface area (Å²) in [5.74, 6) is 0.263. The van der Waals surface area contributed by atoms with Gasteiger partial charge >= 0.3 is 6.09 Å². The van der Waals surface area contributed by atoms with Gasteiger partial charge in [-0.15, -0.1) is 0 Å². The molecule has 4 nitrogen and oxygen atoms in total. The summed E-state index contributed by atoms with van der Waals surface area (Å²) in [4.78, 5) is 11.8. The van der Waals surface area contributed by atoms with Crippen molar-refractivity contribution in [2.75, 3.05) is 11.9 Å². The Balaban J connectivity index is 1.92. The molecule has 1 aromatic rings. The molecule has 6 heteroatoms. The number of nitrogens with one attached hydrogen (secondary N) is 1. The molecule has 1 fully saturated rings. The van der Waals surface area contributed by atoms with Crippen molar-refractivity contribution >= 4 is 35.0 Å². The van der Waals surface area contributed by atoms with Crippen molar-refractivity contribution in [3.05, 3.63) is 28.2 Å². The summed E-state index contributed by atoms with van der Waals surface area (Å²) in [6.07, 6.45) is 2.36. The average Bonchev–Trinajstić information content (AvgIpc) is 2.81. The number of halogens is 2. The Morgan fingerprint density at radius 1 is 1.37 bits per heavy atom. The Kier molecular flexibility index (Phi) is 4.91. The molecule has 1 aliphatic carbocycles. The van der Waals surface area contributed by atoms with Gasteiger partial charge in [-0.05, 0) is 44.0 Å². The number of hydrogen-bond acceptors (Lipinski definition) is 3. The number of nitrogens with two attached hydrogens (primary N) is 1. The molecule has 0 aromatic heterocycles. The highest BCUT2D eigenvalue weighted by atomic mass is 35.5. The molecule has 1 aliphatic rings. The van der Waals surface area contributed by atoms with E-state index in [0.29, 0.717) is 22.3 Å². The number of rotatable bonds is 3. The summed E-state index contributed by atoms with van der Waals surface area (Å²) in [5, 5.41) is 3.47. The first-order valence-electron chi connectivity index (χ1n) is 6.23. The molecule has 104 valence electrons. The maximum Gasteiger partial charge on any atom is 0.411 e. The zero-order valence-electron chi connectivity index (χ0n) is 10.4. The van der Waals surface area contributed by atoms with E-state index in [1.165, 1.54) is 0 Å². The highest BCUT2D eigenvalue weighted by Gasteiger charge is 2.29. The van der Waals surface area contributed by atoms with Crippen LogP contribution in [0.4, 0.5) is 10.5 Å². The molecule has 0 aliphatic heterocycles. The Morgan fingerprint density at radius 2 is 2.16 bits per heavy atom. The van der Waals surface area contributed by atoms with Crippen molar-refractivity contribution in [2.24, 2.45) is 11.7 Å². The largest absolute Gasteiger partial charge is 0.446 e. The van der Waals surface area contributed by atoms with E-state index in [9.17, 15) is 4.79 Å². The molecule has 2 atom stereocenters. The average molecular weight is 303 g/mol. The third-order valence-electron chi connectivity index (χ3n) is 3.32. The van der Waals surface area contributed by atoms with Crippen LogP contribution in [0.3, 0.4) is 0 Å². The van der Waals surface area contributed by atoms with E-state index in [-0.39, 0.29) is 12.0 Å². The van der Waals surface area contributed by atoms with Gasteiger partial charge in [0.25, 0.3) is 0 Å². The summed E-state index contributed by atoms with van der Waals surface area (Å²) < 4.78 is 5.38. The highest BCUT2D eigenvalue weighted by Crippen LogP contribution is 2.28. The number of anilines is 1. The molecule has 2 rings (SSSR count). The van der Waals surface area contributed by atoms with Crippen LogP contribution in [-0.4, -0.2) is 18.7 Å². The monoisotopic (exact) mass is 302 g/mol.